The molecule has 0 atom stereocenters. The van der Waals surface area contributed by atoms with E-state index in [4.69, 9.17) is 5.73 Å². The van der Waals surface area contributed by atoms with Gasteiger partial charge < -0.3 is 30.5 Å². The van der Waals surface area contributed by atoms with Gasteiger partial charge in [0, 0.05) is 10.2 Å². The van der Waals surface area contributed by atoms with Gasteiger partial charge in [-0.15, -0.1) is 11.6 Å². The molecule has 5 heteroatoms. The SMILES string of the molecule is CC([SiH3])=CC(C)(C)[NH-].[Cl-].[Cl-].[Zr+4].c1cc[cH-]c1. The van der Waals surface area contributed by atoms with E-state index in [-0.39, 0.29) is 56.6 Å². The van der Waals surface area contributed by atoms with Gasteiger partial charge in [-0.1, -0.05) is 19.0 Å². The number of hydrogen-bond acceptors (Lipinski definition) is 0. The fourth-order valence-electron chi connectivity index (χ4n) is 1.04. The first-order valence-corrected chi connectivity index (χ1v) is 5.49. The number of halogens is 2. The summed E-state index contributed by atoms with van der Waals surface area (Å²) in [6, 6.07) is 10.0. The fourth-order valence-corrected chi connectivity index (χ4v) is 1.76. The van der Waals surface area contributed by atoms with Gasteiger partial charge in [0.25, 0.3) is 0 Å². The maximum Gasteiger partial charge on any atom is 4.00 e. The minimum Gasteiger partial charge on any atom is -1.00 e. The Hall–Kier alpha value is 0.730. The predicted octanol–water partition coefficient (Wildman–Crippen LogP) is -3.50. The standard InChI is InChI=1S/C6H14NSi.C5H5.2ClH.Zr/c1-5(8)4-6(2,3)7;1-2-4-5-3-1;;;/h4,7H,1-3,8H3;1-5H;2*1H;/q2*-1;;;+4/p-2. The molecule has 1 nitrogen and oxygen atoms in total. The second kappa shape index (κ2) is 13.8. The molecule has 0 amide bonds. The van der Waals surface area contributed by atoms with Crippen LogP contribution in [0.15, 0.2) is 41.6 Å². The first kappa shape index (κ1) is 25.5. The number of rotatable bonds is 1. The molecular formula is C11H19Cl2NSiZr. The van der Waals surface area contributed by atoms with Crippen molar-refractivity contribution in [3.63, 3.8) is 0 Å². The van der Waals surface area contributed by atoms with E-state index in [1.54, 1.807) is 0 Å². The maximum atomic E-state index is 7.41. The molecule has 1 rings (SSSR count). The Morgan fingerprint density at radius 3 is 1.69 bits per heavy atom. The third-order valence-electron chi connectivity index (χ3n) is 1.21. The van der Waals surface area contributed by atoms with Crippen LogP contribution in [-0.2, 0) is 26.2 Å². The molecule has 0 aliphatic rings. The molecule has 0 saturated heterocycles. The number of nitrogens with one attached hydrogen (secondary N) is 1. The molecule has 0 unspecified atom stereocenters. The Morgan fingerprint density at radius 1 is 1.25 bits per heavy atom. The van der Waals surface area contributed by atoms with Crippen LogP contribution in [0.25, 0.3) is 5.73 Å². The van der Waals surface area contributed by atoms with Crippen molar-refractivity contribution in [2.45, 2.75) is 26.3 Å². The van der Waals surface area contributed by atoms with E-state index in [1.807, 2.05) is 50.3 Å². The Labute approximate surface area is 134 Å². The van der Waals surface area contributed by atoms with Crippen LogP contribution in [0, 0.1) is 0 Å². The van der Waals surface area contributed by atoms with Crippen molar-refractivity contribution in [3.8, 4) is 0 Å². The molecule has 0 bridgehead atoms. The fraction of sp³-hybridized carbons (Fsp3) is 0.364. The first-order chi connectivity index (χ1) is 5.92. The summed E-state index contributed by atoms with van der Waals surface area (Å²) >= 11 is 0. The Bertz CT molecular complexity index is 222. The van der Waals surface area contributed by atoms with E-state index in [9.17, 15) is 0 Å². The van der Waals surface area contributed by atoms with Gasteiger partial charge in [0.1, 0.15) is 0 Å². The van der Waals surface area contributed by atoms with Crippen molar-refractivity contribution in [1.29, 1.82) is 0 Å². The van der Waals surface area contributed by atoms with Crippen molar-refractivity contribution < 1.29 is 51.0 Å². The van der Waals surface area contributed by atoms with Crippen LogP contribution in [0.2, 0.25) is 0 Å². The number of allylic oxidation sites excluding steroid dienone is 1. The van der Waals surface area contributed by atoms with Gasteiger partial charge in [-0.3, -0.25) is 0 Å². The molecule has 0 spiro atoms. The van der Waals surface area contributed by atoms with Crippen LogP contribution in [0.1, 0.15) is 20.8 Å². The third-order valence-corrected chi connectivity index (χ3v) is 1.49. The summed E-state index contributed by atoms with van der Waals surface area (Å²) in [5, 5.41) is 1.35. The minimum atomic E-state index is -0.355. The molecule has 16 heavy (non-hydrogen) atoms. The minimum absolute atomic E-state index is 0. The van der Waals surface area contributed by atoms with E-state index in [2.05, 4.69) is 6.92 Å². The molecule has 90 valence electrons. The van der Waals surface area contributed by atoms with Crippen LogP contribution in [0.3, 0.4) is 0 Å². The van der Waals surface area contributed by atoms with Crippen LogP contribution in [0.4, 0.5) is 0 Å². The van der Waals surface area contributed by atoms with Crippen molar-refractivity contribution >= 4 is 10.2 Å². The van der Waals surface area contributed by atoms with Gasteiger partial charge in [-0.05, 0) is 6.92 Å². The summed E-state index contributed by atoms with van der Waals surface area (Å²) in [6.45, 7) is 5.87. The van der Waals surface area contributed by atoms with Gasteiger partial charge in [0.2, 0.25) is 0 Å². The maximum absolute atomic E-state index is 7.41. The first-order valence-electron chi connectivity index (χ1n) is 4.49. The predicted molar refractivity (Wildman–Crippen MR) is 64.1 cm³/mol. The van der Waals surface area contributed by atoms with E-state index in [0.717, 1.165) is 10.2 Å². The second-order valence-electron chi connectivity index (χ2n) is 3.91. The summed E-state index contributed by atoms with van der Waals surface area (Å²) in [4.78, 5) is 0. The average molecular weight is 355 g/mol. The van der Waals surface area contributed by atoms with E-state index < -0.39 is 0 Å². The summed E-state index contributed by atoms with van der Waals surface area (Å²) < 4.78 is 0. The molecular weight excluding hydrogens is 336 g/mol. The van der Waals surface area contributed by atoms with Crippen molar-refractivity contribution in [2.75, 3.05) is 0 Å². The Kier molecular flexibility index (Phi) is 22.0. The Balaban J connectivity index is -0.0000000798. The molecule has 0 heterocycles. The van der Waals surface area contributed by atoms with Gasteiger partial charge in [-0.2, -0.15) is 18.2 Å². The van der Waals surface area contributed by atoms with E-state index in [1.165, 1.54) is 5.20 Å². The molecule has 0 fully saturated rings. The molecule has 0 radical (unpaired) electrons. The van der Waals surface area contributed by atoms with E-state index in [0.29, 0.717) is 0 Å². The van der Waals surface area contributed by atoms with Crippen LogP contribution >= 0.6 is 0 Å². The molecule has 1 aromatic carbocycles. The average Bonchev–Trinajstić information content (AvgIpc) is 2.33. The van der Waals surface area contributed by atoms with Crippen molar-refractivity contribution in [3.05, 3.63) is 47.3 Å². The van der Waals surface area contributed by atoms with Gasteiger partial charge in [0.15, 0.2) is 0 Å². The summed E-state index contributed by atoms with van der Waals surface area (Å²) in [6.07, 6.45) is 2.00. The van der Waals surface area contributed by atoms with Crippen LogP contribution in [-0.4, -0.2) is 15.8 Å². The zero-order valence-corrected chi connectivity index (χ0v) is 16.2. The molecule has 0 saturated carbocycles. The largest absolute Gasteiger partial charge is 4.00 e. The molecule has 0 aromatic heterocycles. The van der Waals surface area contributed by atoms with Crippen molar-refractivity contribution in [2.24, 2.45) is 0 Å². The molecule has 1 N–H and O–H groups in total. The Morgan fingerprint density at radius 2 is 1.62 bits per heavy atom. The summed E-state index contributed by atoms with van der Waals surface area (Å²) in [7, 11) is 1.09. The summed E-state index contributed by atoms with van der Waals surface area (Å²) in [5.41, 5.74) is 7.05. The smallest absolute Gasteiger partial charge is 1.00 e. The zero-order valence-electron chi connectivity index (χ0n) is 10.2. The van der Waals surface area contributed by atoms with Crippen LogP contribution in [0.5, 0.6) is 0 Å². The molecule has 0 aliphatic carbocycles. The molecule has 0 aliphatic heterocycles. The summed E-state index contributed by atoms with van der Waals surface area (Å²) in [5.74, 6) is 0. The second-order valence-corrected chi connectivity index (χ2v) is 5.48. The normalized spacial score (nSPS) is 9.88. The van der Waals surface area contributed by atoms with E-state index >= 15 is 0 Å². The quantitative estimate of drug-likeness (QED) is 0.369. The van der Waals surface area contributed by atoms with Gasteiger partial charge in [-0.25, -0.2) is 12.1 Å². The third kappa shape index (κ3) is 24.1. The van der Waals surface area contributed by atoms with Crippen LogP contribution < -0.4 is 24.8 Å². The topological polar surface area (TPSA) is 23.8 Å². The number of hydrogen-bond donors (Lipinski definition) is 0. The monoisotopic (exact) mass is 353 g/mol. The molecule has 1 aromatic rings. The van der Waals surface area contributed by atoms with Gasteiger partial charge >= 0.3 is 26.2 Å². The zero-order chi connectivity index (χ0) is 10.3. The van der Waals surface area contributed by atoms with Crippen molar-refractivity contribution in [1.82, 2.24) is 0 Å². The van der Waals surface area contributed by atoms with Gasteiger partial charge in [0.05, 0.1) is 0 Å².